The molecule has 0 aliphatic carbocycles. The van der Waals surface area contributed by atoms with Gasteiger partial charge >= 0.3 is 0 Å². The molecule has 0 unspecified atom stereocenters. The summed E-state index contributed by atoms with van der Waals surface area (Å²) >= 11 is 5.33. The Morgan fingerprint density at radius 2 is 1.77 bits per heavy atom. The van der Waals surface area contributed by atoms with E-state index in [4.69, 9.17) is 12.2 Å². The van der Waals surface area contributed by atoms with Crippen molar-refractivity contribution in [1.29, 1.82) is 0 Å². The van der Waals surface area contributed by atoms with Crippen molar-refractivity contribution in [1.82, 2.24) is 14.5 Å². The third-order valence-electron chi connectivity index (χ3n) is 5.94. The minimum atomic E-state index is -0.164. The van der Waals surface area contributed by atoms with Gasteiger partial charge in [-0.2, -0.15) is 0 Å². The highest BCUT2D eigenvalue weighted by atomic mass is 32.1. The van der Waals surface area contributed by atoms with Crippen LogP contribution in [0.5, 0.6) is 0 Å². The van der Waals surface area contributed by atoms with Crippen LogP contribution in [0.1, 0.15) is 31.2 Å². The Balaban J connectivity index is 1.37. The minimum absolute atomic E-state index is 0.0189. The lowest BCUT2D eigenvalue weighted by molar-refractivity contribution is -0.130. The second-order valence-electron chi connectivity index (χ2n) is 8.15. The summed E-state index contributed by atoms with van der Waals surface area (Å²) in [5.41, 5.74) is 2.90. The molecule has 1 fully saturated rings. The first kappa shape index (κ1) is 21.3. The van der Waals surface area contributed by atoms with Crippen LogP contribution < -0.4 is 10.5 Å². The Hall–Kier alpha value is -2.93. The lowest BCUT2D eigenvalue weighted by Gasteiger charge is -2.29. The fourth-order valence-electron chi connectivity index (χ4n) is 4.13. The van der Waals surface area contributed by atoms with Crippen molar-refractivity contribution in [3.05, 3.63) is 69.2 Å². The zero-order valence-electron chi connectivity index (χ0n) is 17.8. The number of nitrogens with zero attached hydrogens (tertiary/aromatic N) is 3. The Labute approximate surface area is 187 Å². The number of nitrogens with one attached hydrogen (secondary N) is 1. The zero-order chi connectivity index (χ0) is 21.8. The summed E-state index contributed by atoms with van der Waals surface area (Å²) in [4.78, 5) is 32.6. The maximum atomic E-state index is 12.7. The molecule has 0 atom stereocenters. The number of carbonyl (C=O) groups excluding carboxylic acids is 1. The van der Waals surface area contributed by atoms with Gasteiger partial charge in [0.05, 0.1) is 10.9 Å². The molecule has 0 bridgehead atoms. The molecule has 3 aromatic rings. The molecule has 0 saturated carbocycles. The van der Waals surface area contributed by atoms with Gasteiger partial charge in [-0.15, -0.1) is 0 Å². The average molecular weight is 437 g/mol. The minimum Gasteiger partial charge on any atom is -0.372 e. The number of fused-ring (bicyclic) bond motifs is 1. The summed E-state index contributed by atoms with van der Waals surface area (Å²) in [7, 11) is 1.80. The quantitative estimate of drug-likeness (QED) is 0.591. The summed E-state index contributed by atoms with van der Waals surface area (Å²) in [6.07, 6.45) is 4.04. The number of carbonyl (C=O) groups is 1. The molecule has 0 radical (unpaired) electrons. The normalized spacial score (nSPS) is 14.0. The van der Waals surface area contributed by atoms with E-state index in [1.807, 2.05) is 18.2 Å². The SMILES string of the molecule is CN(Cc1ccc(N2CCCCC2)cc1)C(=O)CCn1c(=S)[nH]c2ccccc2c1=O. The van der Waals surface area contributed by atoms with E-state index in [-0.39, 0.29) is 24.4 Å². The van der Waals surface area contributed by atoms with Crippen molar-refractivity contribution < 1.29 is 4.79 Å². The number of rotatable bonds is 6. The van der Waals surface area contributed by atoms with E-state index in [9.17, 15) is 9.59 Å². The van der Waals surface area contributed by atoms with E-state index >= 15 is 0 Å². The fraction of sp³-hybridized carbons (Fsp3) is 0.375. The van der Waals surface area contributed by atoms with E-state index in [1.54, 1.807) is 18.0 Å². The highest BCUT2D eigenvalue weighted by Crippen LogP contribution is 2.20. The second-order valence-corrected chi connectivity index (χ2v) is 8.53. The largest absolute Gasteiger partial charge is 0.372 e. The highest BCUT2D eigenvalue weighted by Gasteiger charge is 2.13. The van der Waals surface area contributed by atoms with Gasteiger partial charge in [-0.3, -0.25) is 14.2 Å². The van der Waals surface area contributed by atoms with Gasteiger partial charge in [-0.05, 0) is 61.3 Å². The Morgan fingerprint density at radius 3 is 2.52 bits per heavy atom. The van der Waals surface area contributed by atoms with Gasteiger partial charge in [0.1, 0.15) is 0 Å². The summed E-state index contributed by atoms with van der Waals surface area (Å²) in [5.74, 6) is -0.0189. The van der Waals surface area contributed by atoms with Crippen LogP contribution in [-0.2, 0) is 17.9 Å². The van der Waals surface area contributed by atoms with Crippen LogP contribution >= 0.6 is 12.2 Å². The van der Waals surface area contributed by atoms with E-state index in [1.165, 1.54) is 29.5 Å². The average Bonchev–Trinajstić information content (AvgIpc) is 2.80. The van der Waals surface area contributed by atoms with Gasteiger partial charge in [0, 0.05) is 45.3 Å². The molecule has 162 valence electrons. The van der Waals surface area contributed by atoms with E-state index in [0.717, 1.165) is 18.7 Å². The Morgan fingerprint density at radius 1 is 1.06 bits per heavy atom. The summed E-state index contributed by atoms with van der Waals surface area (Å²) < 4.78 is 1.81. The Bertz CT molecular complexity index is 1180. The first-order chi connectivity index (χ1) is 15.0. The number of anilines is 1. The predicted molar refractivity (Wildman–Crippen MR) is 127 cm³/mol. The first-order valence-electron chi connectivity index (χ1n) is 10.8. The molecule has 31 heavy (non-hydrogen) atoms. The maximum absolute atomic E-state index is 12.7. The molecule has 1 aliphatic rings. The molecule has 4 rings (SSSR count). The third kappa shape index (κ3) is 4.88. The monoisotopic (exact) mass is 436 g/mol. The fourth-order valence-corrected chi connectivity index (χ4v) is 4.41. The smallest absolute Gasteiger partial charge is 0.262 e. The number of aromatic amines is 1. The molecule has 1 N–H and O–H groups in total. The molecule has 1 saturated heterocycles. The number of amides is 1. The summed E-state index contributed by atoms with van der Waals surface area (Å²) in [5, 5.41) is 0.575. The van der Waals surface area contributed by atoms with Gasteiger partial charge in [0.2, 0.25) is 5.91 Å². The van der Waals surface area contributed by atoms with Gasteiger partial charge in [0.15, 0.2) is 4.77 Å². The summed E-state index contributed by atoms with van der Waals surface area (Å²) in [6.45, 7) is 3.04. The third-order valence-corrected chi connectivity index (χ3v) is 6.26. The van der Waals surface area contributed by atoms with Crippen LogP contribution in [0.25, 0.3) is 10.9 Å². The molecular weight excluding hydrogens is 408 g/mol. The Kier molecular flexibility index (Phi) is 6.51. The van der Waals surface area contributed by atoms with Crippen LogP contribution in [0, 0.1) is 4.77 Å². The molecule has 1 aliphatic heterocycles. The number of benzene rings is 2. The zero-order valence-corrected chi connectivity index (χ0v) is 18.7. The predicted octanol–water partition coefficient (Wildman–Crippen LogP) is 4.10. The number of hydrogen-bond acceptors (Lipinski definition) is 4. The number of para-hydroxylation sites is 1. The lowest BCUT2D eigenvalue weighted by atomic mass is 10.1. The van der Waals surface area contributed by atoms with Crippen molar-refractivity contribution in [3.8, 4) is 0 Å². The van der Waals surface area contributed by atoms with E-state index in [0.29, 0.717) is 22.2 Å². The first-order valence-corrected chi connectivity index (χ1v) is 11.2. The van der Waals surface area contributed by atoms with Crippen LogP contribution in [0.4, 0.5) is 5.69 Å². The molecule has 7 heteroatoms. The van der Waals surface area contributed by atoms with Gasteiger partial charge < -0.3 is 14.8 Å². The number of piperidine rings is 1. The van der Waals surface area contributed by atoms with Gasteiger partial charge in [-0.25, -0.2) is 0 Å². The lowest BCUT2D eigenvalue weighted by Crippen LogP contribution is -2.30. The van der Waals surface area contributed by atoms with Gasteiger partial charge in [-0.1, -0.05) is 24.3 Å². The number of aromatic nitrogens is 2. The van der Waals surface area contributed by atoms with Crippen molar-refractivity contribution in [2.45, 2.75) is 38.8 Å². The van der Waals surface area contributed by atoms with Crippen LogP contribution in [-0.4, -0.2) is 40.5 Å². The summed E-state index contributed by atoms with van der Waals surface area (Å²) in [6, 6.07) is 15.7. The molecular formula is C24H28N4O2S. The van der Waals surface area contributed by atoms with E-state index < -0.39 is 0 Å². The van der Waals surface area contributed by atoms with Crippen molar-refractivity contribution in [2.24, 2.45) is 0 Å². The van der Waals surface area contributed by atoms with Crippen LogP contribution in [0.3, 0.4) is 0 Å². The highest BCUT2D eigenvalue weighted by molar-refractivity contribution is 7.71. The second kappa shape index (κ2) is 9.47. The number of hydrogen-bond donors (Lipinski definition) is 1. The molecule has 1 amide bonds. The maximum Gasteiger partial charge on any atom is 0.262 e. The molecule has 1 aromatic heterocycles. The van der Waals surface area contributed by atoms with Crippen molar-refractivity contribution >= 4 is 34.7 Å². The molecule has 0 spiro atoms. The number of H-pyrrole nitrogens is 1. The molecule has 6 nitrogen and oxygen atoms in total. The van der Waals surface area contributed by atoms with Crippen LogP contribution in [0.15, 0.2) is 53.3 Å². The van der Waals surface area contributed by atoms with Crippen molar-refractivity contribution in [3.63, 3.8) is 0 Å². The molecule has 2 heterocycles. The topological polar surface area (TPSA) is 61.3 Å². The van der Waals surface area contributed by atoms with Crippen molar-refractivity contribution in [2.75, 3.05) is 25.0 Å². The van der Waals surface area contributed by atoms with Crippen LogP contribution in [0.2, 0.25) is 0 Å². The van der Waals surface area contributed by atoms with Gasteiger partial charge in [0.25, 0.3) is 5.56 Å². The standard InChI is InChI=1S/C24H28N4O2S/c1-26(17-18-9-11-19(12-10-18)27-14-5-2-6-15-27)22(29)13-16-28-23(30)20-7-3-4-8-21(20)25-24(28)31/h3-4,7-12H,2,5-6,13-17H2,1H3,(H,25,31). The van der Waals surface area contributed by atoms with E-state index in [2.05, 4.69) is 34.1 Å². The molecule has 2 aromatic carbocycles.